The smallest absolute Gasteiger partial charge is 0.303 e. The molecule has 3 aromatic rings. The Morgan fingerprint density at radius 3 is 2.42 bits per heavy atom. The first-order chi connectivity index (χ1) is 18.1. The van der Waals surface area contributed by atoms with Crippen molar-refractivity contribution in [3.05, 3.63) is 82.9 Å². The highest BCUT2D eigenvalue weighted by Gasteiger charge is 2.37. The number of hydrogen-bond donors (Lipinski definition) is 1. The van der Waals surface area contributed by atoms with Crippen LogP contribution in [0.4, 0.5) is 8.78 Å². The summed E-state index contributed by atoms with van der Waals surface area (Å²) < 4.78 is 41.0. The topological polar surface area (TPSA) is 55.8 Å². The zero-order valence-corrected chi connectivity index (χ0v) is 22.5. The second-order valence-electron chi connectivity index (χ2n) is 10.9. The lowest BCUT2D eigenvalue weighted by atomic mass is 9.75. The van der Waals surface area contributed by atoms with Gasteiger partial charge in [-0.1, -0.05) is 45.4 Å². The minimum absolute atomic E-state index is 0.0781. The van der Waals surface area contributed by atoms with Crippen LogP contribution in [-0.2, 0) is 11.4 Å². The summed E-state index contributed by atoms with van der Waals surface area (Å²) in [5.41, 5.74) is 3.82. The molecule has 1 N–H and O–H groups in total. The van der Waals surface area contributed by atoms with E-state index in [9.17, 15) is 14.3 Å². The first kappa shape index (κ1) is 27.6. The Bertz CT molecular complexity index is 1300. The second kappa shape index (κ2) is 11.5. The first-order valence-electron chi connectivity index (χ1n) is 13.2. The van der Waals surface area contributed by atoms with Crippen LogP contribution in [0.3, 0.4) is 0 Å². The van der Waals surface area contributed by atoms with E-state index in [2.05, 4.69) is 19.9 Å². The van der Waals surface area contributed by atoms with Crippen molar-refractivity contribution >= 4 is 5.97 Å². The molecule has 0 radical (unpaired) electrons. The molecule has 0 spiro atoms. The Morgan fingerprint density at radius 1 is 1.03 bits per heavy atom. The molecule has 1 aliphatic rings. The molecule has 1 aliphatic carbocycles. The van der Waals surface area contributed by atoms with E-state index >= 15 is 4.39 Å². The SMILES string of the molecule is CC[C@@H](CC(=O)O)c1cc(OCc2ccc(-c3cc(OC)ccc3F)c([C@H]3CCCC3(C)C)c2)ccc1F. The molecule has 1 fully saturated rings. The van der Waals surface area contributed by atoms with Crippen LogP contribution in [0.1, 0.15) is 81.4 Å². The molecule has 0 aliphatic heterocycles. The van der Waals surface area contributed by atoms with Gasteiger partial charge >= 0.3 is 5.97 Å². The highest BCUT2D eigenvalue weighted by Crippen LogP contribution is 2.51. The van der Waals surface area contributed by atoms with Gasteiger partial charge in [0.2, 0.25) is 0 Å². The van der Waals surface area contributed by atoms with E-state index < -0.39 is 17.7 Å². The highest BCUT2D eigenvalue weighted by molar-refractivity contribution is 5.71. The Balaban J connectivity index is 1.66. The van der Waals surface area contributed by atoms with Gasteiger partial charge in [-0.3, -0.25) is 4.79 Å². The fraction of sp³-hybridized carbons (Fsp3) is 0.406. The predicted octanol–water partition coefficient (Wildman–Crippen LogP) is 8.48. The minimum Gasteiger partial charge on any atom is -0.497 e. The average molecular weight is 523 g/mol. The van der Waals surface area contributed by atoms with Gasteiger partial charge in [-0.25, -0.2) is 8.78 Å². The zero-order valence-electron chi connectivity index (χ0n) is 22.5. The highest BCUT2D eigenvalue weighted by atomic mass is 19.1. The van der Waals surface area contributed by atoms with Crippen molar-refractivity contribution in [1.29, 1.82) is 0 Å². The summed E-state index contributed by atoms with van der Waals surface area (Å²) in [6, 6.07) is 15.3. The van der Waals surface area contributed by atoms with Gasteiger partial charge in [-0.15, -0.1) is 0 Å². The second-order valence-corrected chi connectivity index (χ2v) is 10.9. The zero-order chi connectivity index (χ0) is 27.4. The van der Waals surface area contributed by atoms with Crippen LogP contribution < -0.4 is 9.47 Å². The van der Waals surface area contributed by atoms with Gasteiger partial charge in [0.05, 0.1) is 13.5 Å². The molecule has 38 heavy (non-hydrogen) atoms. The molecular formula is C32H36F2O4. The molecular weight excluding hydrogens is 486 g/mol. The number of hydrogen-bond acceptors (Lipinski definition) is 3. The number of halogens is 2. The maximum atomic E-state index is 15.0. The Hall–Kier alpha value is -3.41. The van der Waals surface area contributed by atoms with E-state index in [1.54, 1.807) is 31.4 Å². The standard InChI is InChI=1S/C32H36F2O4/c1-5-21(16-31(35)36)25-18-23(10-13-29(25)33)38-19-20-8-11-24(27-17-22(37-4)9-12-30(27)34)26(15-20)28-7-6-14-32(28,2)3/h8-13,15,17-18,21,28H,5-7,14,16,19H2,1-4H3,(H,35,36)/t21-,28+/m0/s1. The van der Waals surface area contributed by atoms with Crippen LogP contribution >= 0.6 is 0 Å². The van der Waals surface area contributed by atoms with Gasteiger partial charge in [0.1, 0.15) is 29.7 Å². The van der Waals surface area contributed by atoms with E-state index in [0.29, 0.717) is 29.0 Å². The number of carbonyl (C=O) groups is 1. The van der Waals surface area contributed by atoms with Crippen LogP contribution in [0.5, 0.6) is 11.5 Å². The number of ether oxygens (including phenoxy) is 2. The minimum atomic E-state index is -0.961. The lowest BCUT2D eigenvalue weighted by Gasteiger charge is -2.30. The molecule has 2 atom stereocenters. The summed E-state index contributed by atoms with van der Waals surface area (Å²) in [5, 5.41) is 9.21. The van der Waals surface area contributed by atoms with E-state index in [-0.39, 0.29) is 30.2 Å². The van der Waals surface area contributed by atoms with Crippen LogP contribution in [-0.4, -0.2) is 18.2 Å². The van der Waals surface area contributed by atoms with E-state index in [4.69, 9.17) is 9.47 Å². The van der Waals surface area contributed by atoms with Crippen molar-refractivity contribution in [1.82, 2.24) is 0 Å². The van der Waals surface area contributed by atoms with Gasteiger partial charge in [0.25, 0.3) is 0 Å². The van der Waals surface area contributed by atoms with Crippen molar-refractivity contribution in [2.75, 3.05) is 7.11 Å². The number of carboxylic acid groups (broad SMARTS) is 1. The summed E-state index contributed by atoms with van der Waals surface area (Å²) in [6.07, 6.45) is 3.62. The van der Waals surface area contributed by atoms with E-state index in [1.165, 1.54) is 12.1 Å². The van der Waals surface area contributed by atoms with Gasteiger partial charge < -0.3 is 14.6 Å². The largest absolute Gasteiger partial charge is 0.497 e. The molecule has 0 amide bonds. The molecule has 4 nitrogen and oxygen atoms in total. The molecule has 4 rings (SSSR count). The third-order valence-corrected chi connectivity index (χ3v) is 7.94. The molecule has 6 heteroatoms. The molecule has 0 unspecified atom stereocenters. The monoisotopic (exact) mass is 522 g/mol. The predicted molar refractivity (Wildman–Crippen MR) is 145 cm³/mol. The summed E-state index contributed by atoms with van der Waals surface area (Å²) in [6.45, 7) is 6.63. The molecule has 0 saturated heterocycles. The third kappa shape index (κ3) is 6.01. The van der Waals surface area contributed by atoms with Gasteiger partial charge in [-0.2, -0.15) is 0 Å². The first-order valence-corrected chi connectivity index (χ1v) is 13.2. The fourth-order valence-corrected chi connectivity index (χ4v) is 5.75. The Kier molecular flexibility index (Phi) is 8.39. The van der Waals surface area contributed by atoms with Gasteiger partial charge in [-0.05, 0) is 95.2 Å². The van der Waals surface area contributed by atoms with Crippen molar-refractivity contribution in [2.45, 2.75) is 71.3 Å². The fourth-order valence-electron chi connectivity index (χ4n) is 5.75. The molecule has 0 aromatic heterocycles. The lowest BCUT2D eigenvalue weighted by Crippen LogP contribution is -2.17. The molecule has 202 valence electrons. The summed E-state index contributed by atoms with van der Waals surface area (Å²) in [7, 11) is 1.57. The normalized spacial score (nSPS) is 17.3. The molecule has 0 bridgehead atoms. The van der Waals surface area contributed by atoms with E-state index in [1.807, 2.05) is 19.1 Å². The number of aliphatic carboxylic acids is 1. The third-order valence-electron chi connectivity index (χ3n) is 7.94. The Morgan fingerprint density at radius 2 is 1.76 bits per heavy atom. The summed E-state index contributed by atoms with van der Waals surface area (Å²) in [5.74, 6) is -0.760. The lowest BCUT2D eigenvalue weighted by molar-refractivity contribution is -0.137. The summed E-state index contributed by atoms with van der Waals surface area (Å²) in [4.78, 5) is 11.2. The van der Waals surface area contributed by atoms with Crippen LogP contribution in [0.2, 0.25) is 0 Å². The average Bonchev–Trinajstić information content (AvgIpc) is 3.25. The van der Waals surface area contributed by atoms with Crippen molar-refractivity contribution in [2.24, 2.45) is 5.41 Å². The maximum absolute atomic E-state index is 15.0. The van der Waals surface area contributed by atoms with E-state index in [0.717, 1.165) is 36.0 Å². The van der Waals surface area contributed by atoms with Gasteiger partial charge in [0, 0.05) is 5.56 Å². The molecule has 3 aromatic carbocycles. The van der Waals surface area contributed by atoms with Crippen LogP contribution in [0.25, 0.3) is 11.1 Å². The van der Waals surface area contributed by atoms with Crippen LogP contribution in [0, 0.1) is 17.0 Å². The number of carboxylic acids is 1. The molecule has 1 saturated carbocycles. The van der Waals surface area contributed by atoms with Crippen molar-refractivity contribution < 1.29 is 28.2 Å². The number of benzene rings is 3. The van der Waals surface area contributed by atoms with Crippen molar-refractivity contribution in [3.63, 3.8) is 0 Å². The number of methoxy groups -OCH3 is 1. The summed E-state index contributed by atoms with van der Waals surface area (Å²) >= 11 is 0. The van der Waals surface area contributed by atoms with Crippen molar-refractivity contribution in [3.8, 4) is 22.6 Å². The number of rotatable bonds is 10. The Labute approximate surface area is 223 Å². The van der Waals surface area contributed by atoms with Crippen LogP contribution in [0.15, 0.2) is 54.6 Å². The maximum Gasteiger partial charge on any atom is 0.303 e. The van der Waals surface area contributed by atoms with Gasteiger partial charge in [0.15, 0.2) is 0 Å². The molecule has 0 heterocycles. The quantitative estimate of drug-likeness (QED) is 0.290.